The van der Waals surface area contributed by atoms with Crippen molar-refractivity contribution in [1.82, 2.24) is 9.55 Å². The smallest absolute Gasteiger partial charge is 0.412 e. The molecule has 1 aliphatic rings. The Hall–Kier alpha value is -4.29. The SMILES string of the molecule is CCOC(=O)c1c(C2CC2)nc(CC)n1Cc1ccc2oc(-c3ccccc3NC(=O)OC(C)(C)C)c(C#C[Si](C)(C)C)c2c1. The fourth-order valence-corrected chi connectivity index (χ4v) is 5.71. The molecule has 1 N–H and O–H groups in total. The Labute approximate surface area is 266 Å². The van der Waals surface area contributed by atoms with Crippen molar-refractivity contribution in [1.29, 1.82) is 0 Å². The van der Waals surface area contributed by atoms with E-state index < -0.39 is 19.8 Å². The standard InChI is InChI=1S/C36H43N3O5Si/c1-9-30-38-31(24-16-17-24)32(34(40)42-10-2)39(30)22-23-15-18-29-27(21-23)25(19-20-45(6,7)8)33(43-29)26-13-11-12-14-28(26)37-35(41)44-36(3,4)5/h11-15,18,21,24H,9-10,16-17,22H2,1-8H3,(H,37,41). The zero-order valence-corrected chi connectivity index (χ0v) is 28.6. The maximum atomic E-state index is 13.2. The molecule has 8 nitrogen and oxygen atoms in total. The van der Waals surface area contributed by atoms with Crippen LogP contribution in [0.4, 0.5) is 10.5 Å². The van der Waals surface area contributed by atoms with Crippen LogP contribution in [-0.2, 0) is 22.4 Å². The van der Waals surface area contributed by atoms with Crippen molar-refractivity contribution in [3.63, 3.8) is 0 Å². The molecule has 2 aromatic carbocycles. The van der Waals surface area contributed by atoms with E-state index in [1.807, 2.05) is 68.7 Å². The van der Waals surface area contributed by atoms with E-state index in [-0.39, 0.29) is 5.97 Å². The van der Waals surface area contributed by atoms with Gasteiger partial charge in [0.1, 0.15) is 25.1 Å². The topological polar surface area (TPSA) is 95.6 Å². The van der Waals surface area contributed by atoms with Gasteiger partial charge in [-0.05, 0) is 70.4 Å². The van der Waals surface area contributed by atoms with Crippen LogP contribution >= 0.6 is 0 Å². The number of esters is 1. The molecule has 1 amide bonds. The first-order valence-electron chi connectivity index (χ1n) is 15.7. The Morgan fingerprint density at radius 1 is 1.11 bits per heavy atom. The molecule has 1 saturated carbocycles. The van der Waals surface area contributed by atoms with Gasteiger partial charge in [-0.1, -0.05) is 50.7 Å². The molecule has 1 aliphatic carbocycles. The first-order valence-corrected chi connectivity index (χ1v) is 19.2. The summed E-state index contributed by atoms with van der Waals surface area (Å²) in [4.78, 5) is 30.8. The molecule has 9 heteroatoms. The van der Waals surface area contributed by atoms with Crippen molar-refractivity contribution in [2.45, 2.75) is 91.6 Å². The molecule has 2 aromatic heterocycles. The van der Waals surface area contributed by atoms with Gasteiger partial charge in [0, 0.05) is 29.8 Å². The average molecular weight is 626 g/mol. The highest BCUT2D eigenvalue weighted by Crippen LogP contribution is 2.42. The van der Waals surface area contributed by atoms with Crippen molar-refractivity contribution in [2.75, 3.05) is 11.9 Å². The van der Waals surface area contributed by atoms with Crippen molar-refractivity contribution >= 4 is 36.8 Å². The number of aryl methyl sites for hydroxylation is 1. The molecule has 5 rings (SSSR count). The van der Waals surface area contributed by atoms with Gasteiger partial charge in [-0.15, -0.1) is 5.54 Å². The monoisotopic (exact) mass is 625 g/mol. The minimum absolute atomic E-state index is 0.308. The van der Waals surface area contributed by atoms with E-state index in [0.717, 1.165) is 40.9 Å². The van der Waals surface area contributed by atoms with E-state index in [4.69, 9.17) is 18.9 Å². The minimum atomic E-state index is -1.76. The van der Waals surface area contributed by atoms with Crippen LogP contribution < -0.4 is 5.32 Å². The highest BCUT2D eigenvalue weighted by molar-refractivity contribution is 6.83. The number of imidazole rings is 1. The first kappa shape index (κ1) is 32.1. The van der Waals surface area contributed by atoms with Crippen LogP contribution in [0, 0.1) is 11.5 Å². The van der Waals surface area contributed by atoms with Gasteiger partial charge in [0.25, 0.3) is 0 Å². The Morgan fingerprint density at radius 2 is 1.84 bits per heavy atom. The number of benzene rings is 2. The number of anilines is 1. The van der Waals surface area contributed by atoms with Gasteiger partial charge in [0.2, 0.25) is 0 Å². The number of para-hydroxylation sites is 1. The third-order valence-electron chi connectivity index (χ3n) is 7.29. The molecule has 1 fully saturated rings. The van der Waals surface area contributed by atoms with E-state index in [0.29, 0.717) is 53.8 Å². The Kier molecular flexibility index (Phi) is 8.99. The number of carbonyl (C=O) groups is 2. The minimum Gasteiger partial charge on any atom is -0.461 e. The molecule has 0 spiro atoms. The molecular weight excluding hydrogens is 582 g/mol. The number of hydrogen-bond donors (Lipinski definition) is 1. The summed E-state index contributed by atoms with van der Waals surface area (Å²) in [7, 11) is -1.76. The van der Waals surface area contributed by atoms with Crippen LogP contribution in [0.15, 0.2) is 46.9 Å². The third-order valence-corrected chi connectivity index (χ3v) is 8.16. The largest absolute Gasteiger partial charge is 0.461 e. The number of carbonyl (C=O) groups excluding carboxylic acids is 2. The number of nitrogens with one attached hydrogen (secondary N) is 1. The van der Waals surface area contributed by atoms with Gasteiger partial charge >= 0.3 is 12.1 Å². The van der Waals surface area contributed by atoms with E-state index in [9.17, 15) is 9.59 Å². The van der Waals surface area contributed by atoms with Crippen molar-refractivity contribution in [2.24, 2.45) is 0 Å². The molecule has 236 valence electrons. The van der Waals surface area contributed by atoms with Gasteiger partial charge in [0.15, 0.2) is 11.5 Å². The molecule has 0 unspecified atom stereocenters. The predicted octanol–water partition coefficient (Wildman–Crippen LogP) is 8.54. The third kappa shape index (κ3) is 7.51. The molecule has 45 heavy (non-hydrogen) atoms. The normalized spacial score (nSPS) is 13.3. The molecule has 0 aliphatic heterocycles. The van der Waals surface area contributed by atoms with Gasteiger partial charge < -0.3 is 18.5 Å². The summed E-state index contributed by atoms with van der Waals surface area (Å²) in [5.41, 5.74) is 8.00. The number of ether oxygens (including phenoxy) is 2. The van der Waals surface area contributed by atoms with Crippen LogP contribution in [0.3, 0.4) is 0 Å². The lowest BCUT2D eigenvalue weighted by atomic mass is 10.0. The number of fused-ring (bicyclic) bond motifs is 1. The van der Waals surface area contributed by atoms with Crippen molar-refractivity contribution in [3.05, 3.63) is 70.8 Å². The summed E-state index contributed by atoms with van der Waals surface area (Å²) >= 11 is 0. The lowest BCUT2D eigenvalue weighted by molar-refractivity contribution is 0.0511. The van der Waals surface area contributed by atoms with Gasteiger partial charge in [-0.2, -0.15) is 0 Å². The Morgan fingerprint density at radius 3 is 2.49 bits per heavy atom. The molecule has 2 heterocycles. The lowest BCUT2D eigenvalue weighted by Crippen LogP contribution is -2.27. The van der Waals surface area contributed by atoms with Crippen LogP contribution in [0.1, 0.15) is 86.5 Å². The summed E-state index contributed by atoms with van der Waals surface area (Å²) in [5, 5.41) is 3.77. The highest BCUT2D eigenvalue weighted by Gasteiger charge is 2.34. The maximum Gasteiger partial charge on any atom is 0.412 e. The lowest BCUT2D eigenvalue weighted by Gasteiger charge is -2.20. The van der Waals surface area contributed by atoms with Gasteiger partial charge in [-0.3, -0.25) is 5.32 Å². The molecule has 0 bridgehead atoms. The second-order valence-electron chi connectivity index (χ2n) is 13.5. The maximum absolute atomic E-state index is 13.2. The zero-order valence-electron chi connectivity index (χ0n) is 27.6. The van der Waals surface area contributed by atoms with Gasteiger partial charge in [-0.25, -0.2) is 14.6 Å². The predicted molar refractivity (Wildman–Crippen MR) is 180 cm³/mol. The molecule has 0 radical (unpaired) electrons. The average Bonchev–Trinajstić information content (AvgIpc) is 3.64. The number of hydrogen-bond acceptors (Lipinski definition) is 6. The van der Waals surface area contributed by atoms with Crippen LogP contribution in [0.25, 0.3) is 22.3 Å². The number of aromatic nitrogens is 2. The van der Waals surface area contributed by atoms with E-state index >= 15 is 0 Å². The molecular formula is C36H43N3O5Si. The summed E-state index contributed by atoms with van der Waals surface area (Å²) < 4.78 is 19.5. The Balaban J connectivity index is 1.62. The fraction of sp³-hybridized carbons (Fsp3) is 0.417. The second-order valence-corrected chi connectivity index (χ2v) is 18.3. The van der Waals surface area contributed by atoms with Crippen LogP contribution in [0.5, 0.6) is 0 Å². The van der Waals surface area contributed by atoms with E-state index in [2.05, 4.69) is 49.4 Å². The Bertz CT molecular complexity index is 1810. The zero-order chi connectivity index (χ0) is 32.5. The first-order chi connectivity index (χ1) is 21.3. The summed E-state index contributed by atoms with van der Waals surface area (Å²) in [6, 6.07) is 13.6. The molecule has 0 saturated heterocycles. The van der Waals surface area contributed by atoms with E-state index in [1.54, 1.807) is 0 Å². The van der Waals surface area contributed by atoms with E-state index in [1.165, 1.54) is 0 Å². The molecule has 4 aromatic rings. The number of amides is 1. The van der Waals surface area contributed by atoms with Crippen LogP contribution in [-0.4, -0.2) is 41.9 Å². The summed E-state index contributed by atoms with van der Waals surface area (Å²) in [6.07, 6.45) is 2.24. The van der Waals surface area contributed by atoms with Crippen molar-refractivity contribution < 1.29 is 23.5 Å². The number of rotatable bonds is 8. The fourth-order valence-electron chi connectivity index (χ4n) is 5.21. The van der Waals surface area contributed by atoms with Crippen LogP contribution in [0.2, 0.25) is 19.6 Å². The summed E-state index contributed by atoms with van der Waals surface area (Å²) in [6.45, 7) is 16.7. The summed E-state index contributed by atoms with van der Waals surface area (Å²) in [5.74, 6) is 4.90. The quantitative estimate of drug-likeness (QED) is 0.120. The second kappa shape index (κ2) is 12.6. The van der Waals surface area contributed by atoms with Gasteiger partial charge in [0.05, 0.1) is 23.6 Å². The number of nitrogens with zero attached hydrogens (tertiary/aromatic N) is 2. The van der Waals surface area contributed by atoms with Crippen molar-refractivity contribution in [3.8, 4) is 22.8 Å². The highest BCUT2D eigenvalue weighted by atomic mass is 28.3. The molecule has 0 atom stereocenters. The number of furan rings is 1.